The Hall–Kier alpha value is -2.80. The third kappa shape index (κ3) is 2.74. The molecule has 0 spiro atoms. The highest BCUT2D eigenvalue weighted by molar-refractivity contribution is 9.10. The molecule has 7 heteroatoms. The van der Waals surface area contributed by atoms with Crippen LogP contribution in [-0.2, 0) is 0 Å². The van der Waals surface area contributed by atoms with Crippen molar-refractivity contribution in [2.75, 3.05) is 5.32 Å². The molecule has 0 aliphatic rings. The first kappa shape index (κ1) is 16.1. The lowest BCUT2D eigenvalue weighted by Crippen LogP contribution is -2.21. The maximum atomic E-state index is 12.4. The molecule has 3 N–H and O–H groups in total. The molecule has 0 atom stereocenters. The number of amides is 1. The minimum Gasteiger partial charge on any atom is -0.508 e. The van der Waals surface area contributed by atoms with E-state index < -0.39 is 22.8 Å². The van der Waals surface area contributed by atoms with Crippen molar-refractivity contribution in [3.63, 3.8) is 0 Å². The number of aryl methyl sites for hydroxylation is 1. The van der Waals surface area contributed by atoms with Gasteiger partial charge in [-0.3, -0.25) is 4.79 Å². The van der Waals surface area contributed by atoms with Crippen molar-refractivity contribution < 1.29 is 19.4 Å². The first-order valence-electron chi connectivity index (χ1n) is 6.93. The lowest BCUT2D eigenvalue weighted by atomic mass is 10.1. The van der Waals surface area contributed by atoms with Gasteiger partial charge in [0.25, 0.3) is 5.91 Å². The summed E-state index contributed by atoms with van der Waals surface area (Å²) in [5.74, 6) is -1.35. The molecule has 0 aliphatic heterocycles. The Morgan fingerprint density at radius 3 is 2.67 bits per heavy atom. The van der Waals surface area contributed by atoms with E-state index >= 15 is 0 Å². The summed E-state index contributed by atoms with van der Waals surface area (Å²) in [5.41, 5.74) is -0.681. The number of phenols is 1. The van der Waals surface area contributed by atoms with Gasteiger partial charge < -0.3 is 19.9 Å². The second kappa shape index (κ2) is 6.01. The normalized spacial score (nSPS) is 10.8. The molecule has 2 aromatic carbocycles. The predicted octanol–water partition coefficient (Wildman–Crippen LogP) is 3.53. The monoisotopic (exact) mass is 389 g/mol. The molecule has 24 heavy (non-hydrogen) atoms. The van der Waals surface area contributed by atoms with Crippen LogP contribution >= 0.6 is 15.9 Å². The van der Waals surface area contributed by atoms with Crippen molar-refractivity contribution >= 4 is 38.5 Å². The summed E-state index contributed by atoms with van der Waals surface area (Å²) < 4.78 is 5.87. The average Bonchev–Trinajstić information content (AvgIpc) is 2.51. The number of halogens is 1. The fourth-order valence-electron chi connectivity index (χ4n) is 2.33. The number of rotatable bonds is 2. The van der Waals surface area contributed by atoms with Crippen molar-refractivity contribution in [1.29, 1.82) is 0 Å². The number of carbonyl (C=O) groups excluding carboxylic acids is 1. The van der Waals surface area contributed by atoms with Gasteiger partial charge in [0.15, 0.2) is 5.56 Å². The highest BCUT2D eigenvalue weighted by Gasteiger charge is 2.22. The molecule has 1 amide bonds. The van der Waals surface area contributed by atoms with Gasteiger partial charge in [0, 0.05) is 15.7 Å². The molecule has 0 radical (unpaired) electrons. The van der Waals surface area contributed by atoms with Gasteiger partial charge in [0.2, 0.25) is 0 Å². The average molecular weight is 390 g/mol. The molecule has 0 aliphatic carbocycles. The lowest BCUT2D eigenvalue weighted by molar-refractivity contribution is 0.102. The molecular formula is C17H12BrNO5. The summed E-state index contributed by atoms with van der Waals surface area (Å²) in [6.07, 6.45) is 0. The maximum Gasteiger partial charge on any atom is 0.353 e. The number of anilines is 1. The van der Waals surface area contributed by atoms with Crippen LogP contribution in [0.4, 0.5) is 5.69 Å². The Morgan fingerprint density at radius 1 is 1.21 bits per heavy atom. The number of hydrogen-bond acceptors (Lipinski definition) is 5. The number of fused-ring (bicyclic) bond motifs is 1. The summed E-state index contributed by atoms with van der Waals surface area (Å²) >= 11 is 3.28. The van der Waals surface area contributed by atoms with Gasteiger partial charge in [0.1, 0.15) is 17.1 Å². The van der Waals surface area contributed by atoms with Crippen molar-refractivity contribution in [2.45, 2.75) is 6.92 Å². The number of carbonyl (C=O) groups is 1. The Bertz CT molecular complexity index is 1030. The fraction of sp³-hybridized carbons (Fsp3) is 0.0588. The summed E-state index contributed by atoms with van der Waals surface area (Å²) in [6.45, 7) is 1.54. The zero-order valence-corrected chi connectivity index (χ0v) is 14.0. The van der Waals surface area contributed by atoms with Gasteiger partial charge in [-0.05, 0) is 37.3 Å². The molecule has 6 nitrogen and oxygen atoms in total. The zero-order valence-electron chi connectivity index (χ0n) is 12.5. The SMILES string of the molecule is Cc1c(O)ccc2c(O)c(C(=O)Nc3cccc(Br)c3)c(=O)oc12. The van der Waals surface area contributed by atoms with Crippen LogP contribution in [0, 0.1) is 6.92 Å². The summed E-state index contributed by atoms with van der Waals surface area (Å²) in [7, 11) is 0. The van der Waals surface area contributed by atoms with Crippen molar-refractivity contribution in [2.24, 2.45) is 0 Å². The zero-order chi connectivity index (χ0) is 17.4. The van der Waals surface area contributed by atoms with Crippen LogP contribution < -0.4 is 10.9 Å². The number of nitrogens with one attached hydrogen (secondary N) is 1. The van der Waals surface area contributed by atoms with E-state index in [1.807, 2.05) is 0 Å². The van der Waals surface area contributed by atoms with E-state index in [0.29, 0.717) is 11.3 Å². The Kier molecular flexibility index (Phi) is 4.02. The van der Waals surface area contributed by atoms with E-state index in [2.05, 4.69) is 21.2 Å². The predicted molar refractivity (Wildman–Crippen MR) is 92.6 cm³/mol. The molecule has 1 heterocycles. The third-order valence-electron chi connectivity index (χ3n) is 3.58. The molecule has 0 saturated carbocycles. The highest BCUT2D eigenvalue weighted by Crippen LogP contribution is 2.32. The fourth-order valence-corrected chi connectivity index (χ4v) is 2.73. The van der Waals surface area contributed by atoms with Crippen LogP contribution in [0.3, 0.4) is 0 Å². The van der Waals surface area contributed by atoms with Crippen LogP contribution in [-0.4, -0.2) is 16.1 Å². The standard InChI is InChI=1S/C17H12BrNO5/c1-8-12(20)6-5-11-14(21)13(17(23)24-15(8)11)16(22)19-10-4-2-3-9(18)7-10/h2-7,20-21H,1H3,(H,19,22). The van der Waals surface area contributed by atoms with Crippen molar-refractivity contribution in [3.8, 4) is 11.5 Å². The molecule has 0 fully saturated rings. The summed E-state index contributed by atoms with van der Waals surface area (Å²) in [5, 5.41) is 22.7. The van der Waals surface area contributed by atoms with Gasteiger partial charge in [-0.2, -0.15) is 0 Å². The quantitative estimate of drug-likeness (QED) is 0.582. The van der Waals surface area contributed by atoms with Gasteiger partial charge in [-0.15, -0.1) is 0 Å². The minimum absolute atomic E-state index is 0.0384. The maximum absolute atomic E-state index is 12.4. The van der Waals surface area contributed by atoms with Crippen LogP contribution in [0.15, 0.2) is 50.1 Å². The van der Waals surface area contributed by atoms with E-state index in [9.17, 15) is 19.8 Å². The second-order valence-corrected chi connectivity index (χ2v) is 6.08. The van der Waals surface area contributed by atoms with Crippen molar-refractivity contribution in [3.05, 3.63) is 62.4 Å². The molecule has 0 unspecified atom stereocenters. The minimum atomic E-state index is -0.985. The van der Waals surface area contributed by atoms with E-state index in [1.165, 1.54) is 12.1 Å². The van der Waals surface area contributed by atoms with Crippen LogP contribution in [0.2, 0.25) is 0 Å². The molecule has 1 aromatic heterocycles. The van der Waals surface area contributed by atoms with E-state index in [-0.39, 0.29) is 16.7 Å². The number of benzene rings is 2. The molecule has 3 rings (SSSR count). The summed E-state index contributed by atoms with van der Waals surface area (Å²) in [4.78, 5) is 24.5. The van der Waals surface area contributed by atoms with E-state index in [0.717, 1.165) is 4.47 Å². The van der Waals surface area contributed by atoms with Crippen molar-refractivity contribution in [1.82, 2.24) is 0 Å². The Balaban J connectivity index is 2.11. The van der Waals surface area contributed by atoms with Crippen LogP contribution in [0.5, 0.6) is 11.5 Å². The van der Waals surface area contributed by atoms with Gasteiger partial charge in [-0.25, -0.2) is 4.79 Å². The van der Waals surface area contributed by atoms with Gasteiger partial charge in [0.05, 0.1) is 5.39 Å². The highest BCUT2D eigenvalue weighted by atomic mass is 79.9. The molecule has 3 aromatic rings. The first-order valence-corrected chi connectivity index (χ1v) is 7.73. The molecule has 0 saturated heterocycles. The third-order valence-corrected chi connectivity index (χ3v) is 4.07. The smallest absolute Gasteiger partial charge is 0.353 e. The Morgan fingerprint density at radius 2 is 1.96 bits per heavy atom. The number of phenolic OH excluding ortho intramolecular Hbond substituents is 1. The molecular weight excluding hydrogens is 378 g/mol. The number of hydrogen-bond donors (Lipinski definition) is 3. The second-order valence-electron chi connectivity index (χ2n) is 5.16. The lowest BCUT2D eigenvalue weighted by Gasteiger charge is -2.09. The van der Waals surface area contributed by atoms with E-state index in [4.69, 9.17) is 4.42 Å². The molecule has 122 valence electrons. The van der Waals surface area contributed by atoms with Crippen LogP contribution in [0.1, 0.15) is 15.9 Å². The topological polar surface area (TPSA) is 99.8 Å². The first-order chi connectivity index (χ1) is 11.4. The molecule has 0 bridgehead atoms. The van der Waals surface area contributed by atoms with Crippen LogP contribution in [0.25, 0.3) is 11.0 Å². The van der Waals surface area contributed by atoms with Gasteiger partial charge >= 0.3 is 5.63 Å². The number of aromatic hydroxyl groups is 2. The largest absolute Gasteiger partial charge is 0.508 e. The van der Waals surface area contributed by atoms with Gasteiger partial charge in [-0.1, -0.05) is 22.0 Å². The Labute approximate surface area is 144 Å². The summed E-state index contributed by atoms with van der Waals surface area (Å²) in [6, 6.07) is 9.53. The van der Waals surface area contributed by atoms with E-state index in [1.54, 1.807) is 31.2 Å².